The first-order chi connectivity index (χ1) is 9.53. The van der Waals surface area contributed by atoms with Crippen molar-refractivity contribution in [1.82, 2.24) is 15.1 Å². The molecule has 2 rings (SSSR count). The van der Waals surface area contributed by atoms with Gasteiger partial charge >= 0.3 is 6.18 Å². The Balaban J connectivity index is 1.55. The third-order valence-corrected chi connectivity index (χ3v) is 3.96. The highest BCUT2D eigenvalue weighted by Crippen LogP contribution is 2.19. The molecule has 0 radical (unpaired) electrons. The minimum atomic E-state index is -4.07. The molecule has 2 saturated heterocycles. The predicted molar refractivity (Wildman–Crippen MR) is 70.8 cm³/mol. The number of morpholine rings is 1. The van der Waals surface area contributed by atoms with E-state index in [4.69, 9.17) is 4.74 Å². The fourth-order valence-corrected chi connectivity index (χ4v) is 2.80. The van der Waals surface area contributed by atoms with Crippen LogP contribution in [0.25, 0.3) is 0 Å². The highest BCUT2D eigenvalue weighted by Gasteiger charge is 2.32. The second-order valence-corrected chi connectivity index (χ2v) is 5.57. The molecule has 118 valence electrons. The maximum absolute atomic E-state index is 12.3. The first kappa shape index (κ1) is 16.0. The topological polar surface area (TPSA) is 27.7 Å². The lowest BCUT2D eigenvalue weighted by Gasteiger charge is -2.33. The fraction of sp³-hybridized carbons (Fsp3) is 1.00. The van der Waals surface area contributed by atoms with E-state index >= 15 is 0 Å². The van der Waals surface area contributed by atoms with Crippen LogP contribution in [0.3, 0.4) is 0 Å². The van der Waals surface area contributed by atoms with Gasteiger partial charge < -0.3 is 10.1 Å². The third-order valence-electron chi connectivity index (χ3n) is 3.96. The number of halogens is 3. The number of nitrogens with zero attached hydrogens (tertiary/aromatic N) is 2. The van der Waals surface area contributed by atoms with E-state index in [1.807, 2.05) is 0 Å². The first-order valence-electron chi connectivity index (χ1n) is 7.35. The number of piperidine rings is 1. The van der Waals surface area contributed by atoms with Crippen LogP contribution >= 0.6 is 0 Å². The van der Waals surface area contributed by atoms with Crippen LogP contribution in [0.15, 0.2) is 0 Å². The van der Waals surface area contributed by atoms with Crippen molar-refractivity contribution in [3.05, 3.63) is 0 Å². The van der Waals surface area contributed by atoms with Crippen molar-refractivity contribution in [3.8, 4) is 0 Å². The molecule has 2 heterocycles. The van der Waals surface area contributed by atoms with E-state index in [0.717, 1.165) is 52.2 Å². The molecule has 0 unspecified atom stereocenters. The van der Waals surface area contributed by atoms with Gasteiger partial charge in [0.05, 0.1) is 19.8 Å². The zero-order chi connectivity index (χ0) is 14.4. The Kier molecular flexibility index (Phi) is 6.07. The number of alkyl halides is 3. The molecule has 4 nitrogen and oxygen atoms in total. The van der Waals surface area contributed by atoms with Gasteiger partial charge in [0.15, 0.2) is 0 Å². The van der Waals surface area contributed by atoms with Crippen molar-refractivity contribution < 1.29 is 17.9 Å². The summed E-state index contributed by atoms with van der Waals surface area (Å²) in [6, 6.07) is 0.362. The lowest BCUT2D eigenvalue weighted by Crippen LogP contribution is -2.47. The summed E-state index contributed by atoms with van der Waals surface area (Å²) < 4.78 is 42.1. The molecule has 0 amide bonds. The second kappa shape index (κ2) is 7.59. The van der Waals surface area contributed by atoms with Crippen molar-refractivity contribution >= 4 is 0 Å². The Morgan fingerprint density at radius 3 is 2.25 bits per heavy atom. The summed E-state index contributed by atoms with van der Waals surface area (Å²) in [5, 5.41) is 3.46. The van der Waals surface area contributed by atoms with Gasteiger partial charge in [0.25, 0.3) is 0 Å². The Morgan fingerprint density at radius 2 is 1.65 bits per heavy atom. The smallest absolute Gasteiger partial charge is 0.379 e. The van der Waals surface area contributed by atoms with Crippen LogP contribution in [0.5, 0.6) is 0 Å². The van der Waals surface area contributed by atoms with Crippen LogP contribution in [-0.4, -0.2) is 81.0 Å². The number of hydrogen-bond acceptors (Lipinski definition) is 4. The van der Waals surface area contributed by atoms with Crippen molar-refractivity contribution in [1.29, 1.82) is 0 Å². The summed E-state index contributed by atoms with van der Waals surface area (Å²) in [5.41, 5.74) is 0. The highest BCUT2D eigenvalue weighted by molar-refractivity contribution is 4.79. The molecule has 1 N–H and O–H groups in total. The van der Waals surface area contributed by atoms with Crippen LogP contribution in [0, 0.1) is 0 Å². The summed E-state index contributed by atoms with van der Waals surface area (Å²) >= 11 is 0. The molecule has 0 saturated carbocycles. The normalized spacial score (nSPS) is 24.1. The zero-order valence-corrected chi connectivity index (χ0v) is 11.8. The van der Waals surface area contributed by atoms with Gasteiger partial charge in [0.2, 0.25) is 0 Å². The van der Waals surface area contributed by atoms with E-state index in [9.17, 15) is 13.2 Å². The highest BCUT2D eigenvalue weighted by atomic mass is 19.4. The molecule has 2 fully saturated rings. The molecular weight excluding hydrogens is 271 g/mol. The molecular formula is C13H24F3N3O. The predicted octanol–water partition coefficient (Wildman–Crippen LogP) is 0.935. The molecule has 20 heavy (non-hydrogen) atoms. The molecule has 0 atom stereocenters. The van der Waals surface area contributed by atoms with Gasteiger partial charge in [-0.15, -0.1) is 0 Å². The first-order valence-corrected chi connectivity index (χ1v) is 7.35. The minimum absolute atomic E-state index is 0.362. The van der Waals surface area contributed by atoms with Crippen molar-refractivity contribution in [2.75, 3.05) is 59.0 Å². The van der Waals surface area contributed by atoms with E-state index in [-0.39, 0.29) is 0 Å². The van der Waals surface area contributed by atoms with Crippen LogP contribution in [0.4, 0.5) is 13.2 Å². The maximum Gasteiger partial charge on any atom is 0.401 e. The summed E-state index contributed by atoms with van der Waals surface area (Å²) in [6.07, 6.45) is -2.46. The van der Waals surface area contributed by atoms with Gasteiger partial charge in [0.1, 0.15) is 0 Å². The molecule has 0 bridgehead atoms. The van der Waals surface area contributed by atoms with E-state index in [0.29, 0.717) is 19.1 Å². The lowest BCUT2D eigenvalue weighted by molar-refractivity contribution is -0.148. The van der Waals surface area contributed by atoms with Gasteiger partial charge in [-0.3, -0.25) is 9.80 Å². The molecule has 0 aromatic carbocycles. The van der Waals surface area contributed by atoms with Gasteiger partial charge in [-0.2, -0.15) is 13.2 Å². The van der Waals surface area contributed by atoms with Crippen LogP contribution in [-0.2, 0) is 4.74 Å². The van der Waals surface area contributed by atoms with Crippen molar-refractivity contribution in [2.24, 2.45) is 0 Å². The molecule has 7 heteroatoms. The van der Waals surface area contributed by atoms with Crippen molar-refractivity contribution in [3.63, 3.8) is 0 Å². The lowest BCUT2D eigenvalue weighted by atomic mass is 10.1. The summed E-state index contributed by atoms with van der Waals surface area (Å²) in [7, 11) is 0. The SMILES string of the molecule is FC(F)(F)CN1CCC(NCCN2CCOCC2)CC1. The van der Waals surface area contributed by atoms with Crippen LogP contribution in [0.1, 0.15) is 12.8 Å². The van der Waals surface area contributed by atoms with Gasteiger partial charge in [-0.05, 0) is 25.9 Å². The summed E-state index contributed by atoms with van der Waals surface area (Å²) in [6.45, 7) is 5.76. The summed E-state index contributed by atoms with van der Waals surface area (Å²) in [4.78, 5) is 3.86. The minimum Gasteiger partial charge on any atom is -0.379 e. The standard InChI is InChI=1S/C13H24F3N3O/c14-13(15,16)11-19-4-1-12(2-5-19)17-3-6-18-7-9-20-10-8-18/h12,17H,1-11H2. The van der Waals surface area contributed by atoms with E-state index in [1.165, 1.54) is 4.90 Å². The van der Waals surface area contributed by atoms with Crippen molar-refractivity contribution in [2.45, 2.75) is 25.1 Å². The van der Waals surface area contributed by atoms with Crippen LogP contribution in [0.2, 0.25) is 0 Å². The molecule has 0 spiro atoms. The van der Waals surface area contributed by atoms with Gasteiger partial charge in [0, 0.05) is 32.2 Å². The fourth-order valence-electron chi connectivity index (χ4n) is 2.80. The zero-order valence-electron chi connectivity index (χ0n) is 11.8. The summed E-state index contributed by atoms with van der Waals surface area (Å²) in [5.74, 6) is 0. The molecule has 2 aliphatic heterocycles. The number of hydrogen-bond donors (Lipinski definition) is 1. The Bertz CT molecular complexity index is 275. The maximum atomic E-state index is 12.3. The monoisotopic (exact) mass is 295 g/mol. The number of rotatable bonds is 5. The van der Waals surface area contributed by atoms with E-state index < -0.39 is 12.7 Å². The van der Waals surface area contributed by atoms with Crippen LogP contribution < -0.4 is 5.32 Å². The molecule has 2 aliphatic rings. The molecule has 0 aromatic rings. The average Bonchev–Trinajstić information content (AvgIpc) is 2.40. The van der Waals surface area contributed by atoms with E-state index in [2.05, 4.69) is 10.2 Å². The Labute approximate surface area is 118 Å². The molecule has 0 aromatic heterocycles. The Hall–Kier alpha value is -0.370. The number of nitrogens with one attached hydrogen (secondary N) is 1. The number of likely N-dealkylation sites (tertiary alicyclic amines) is 1. The number of ether oxygens (including phenoxy) is 1. The largest absolute Gasteiger partial charge is 0.401 e. The second-order valence-electron chi connectivity index (χ2n) is 5.57. The average molecular weight is 295 g/mol. The Morgan fingerprint density at radius 1 is 1.00 bits per heavy atom. The van der Waals surface area contributed by atoms with E-state index in [1.54, 1.807) is 0 Å². The quantitative estimate of drug-likeness (QED) is 0.817. The van der Waals surface area contributed by atoms with Gasteiger partial charge in [-0.25, -0.2) is 0 Å². The van der Waals surface area contributed by atoms with Gasteiger partial charge in [-0.1, -0.05) is 0 Å². The third kappa shape index (κ3) is 5.95. The molecule has 0 aliphatic carbocycles.